The highest BCUT2D eigenvalue weighted by Crippen LogP contribution is 2.40. The molecule has 9 nitrogen and oxygen atoms in total. The quantitative estimate of drug-likeness (QED) is 0.533. The summed E-state index contributed by atoms with van der Waals surface area (Å²) in [7, 11) is 2.08. The molecule has 3 saturated heterocycles. The summed E-state index contributed by atoms with van der Waals surface area (Å²) in [6.07, 6.45) is 8.82. The number of carbonyl (C=O) groups is 3. The van der Waals surface area contributed by atoms with Crippen molar-refractivity contribution in [3.05, 3.63) is 35.4 Å². The second-order valence-corrected chi connectivity index (χ2v) is 12.7. The van der Waals surface area contributed by atoms with Gasteiger partial charge in [-0.1, -0.05) is 30.9 Å². The highest BCUT2D eigenvalue weighted by Gasteiger charge is 2.53. The van der Waals surface area contributed by atoms with Gasteiger partial charge in [-0.2, -0.15) is 0 Å². The first-order chi connectivity index (χ1) is 19.8. The molecule has 1 aromatic carbocycles. The number of piperazine rings is 1. The van der Waals surface area contributed by atoms with E-state index in [2.05, 4.69) is 33.1 Å². The van der Waals surface area contributed by atoms with Crippen LogP contribution in [0.5, 0.6) is 0 Å². The second-order valence-electron chi connectivity index (χ2n) is 11.7. The molecular weight excluding hydrogens is 545 g/mol. The van der Waals surface area contributed by atoms with Crippen molar-refractivity contribution in [2.45, 2.75) is 55.4 Å². The number of likely N-dealkylation sites (N-methyl/N-ethyl adjacent to an activating group) is 1. The molecule has 4 fully saturated rings. The Bertz CT molecular complexity index is 1250. The number of thioether (sulfide) groups is 1. The minimum atomic E-state index is -1.19. The van der Waals surface area contributed by atoms with Crippen molar-refractivity contribution >= 4 is 34.5 Å². The first-order valence-corrected chi connectivity index (χ1v) is 15.4. The normalized spacial score (nSPS) is 31.2. The Balaban J connectivity index is 1.15. The number of nitrogens with one attached hydrogen (secondary N) is 1. The zero-order chi connectivity index (χ0) is 28.7. The Kier molecular flexibility index (Phi) is 8.07. The molecule has 4 heterocycles. The van der Waals surface area contributed by atoms with Gasteiger partial charge < -0.3 is 24.8 Å². The van der Waals surface area contributed by atoms with Gasteiger partial charge in [0, 0.05) is 38.3 Å². The van der Waals surface area contributed by atoms with Crippen LogP contribution in [-0.2, 0) is 14.3 Å². The molecule has 218 valence electrons. The van der Waals surface area contributed by atoms with Crippen LogP contribution in [-0.4, -0.2) is 108 Å². The first-order valence-electron chi connectivity index (χ1n) is 14.5. The van der Waals surface area contributed by atoms with E-state index in [0.717, 1.165) is 68.8 Å². The van der Waals surface area contributed by atoms with E-state index in [1.54, 1.807) is 24.3 Å². The van der Waals surface area contributed by atoms with E-state index < -0.39 is 29.7 Å². The van der Waals surface area contributed by atoms with Crippen LogP contribution in [0.4, 0.5) is 4.39 Å². The Morgan fingerprint density at radius 1 is 1.17 bits per heavy atom. The Morgan fingerprint density at radius 2 is 1.88 bits per heavy atom. The highest BCUT2D eigenvalue weighted by molar-refractivity contribution is 8.14. The van der Waals surface area contributed by atoms with Crippen molar-refractivity contribution in [1.82, 2.24) is 20.0 Å². The third-order valence-corrected chi connectivity index (χ3v) is 10.2. The van der Waals surface area contributed by atoms with Crippen molar-refractivity contribution < 1.29 is 23.5 Å². The zero-order valence-corrected chi connectivity index (χ0v) is 24.0. The van der Waals surface area contributed by atoms with Crippen LogP contribution >= 0.6 is 11.8 Å². The number of benzene rings is 1. The largest absolute Gasteiger partial charge is 0.366 e. The molecule has 2 amide bonds. The summed E-state index contributed by atoms with van der Waals surface area (Å²) in [5.74, 6) is 1.50. The molecule has 0 bridgehead atoms. The van der Waals surface area contributed by atoms with Crippen LogP contribution in [0.15, 0.2) is 29.3 Å². The smallest absolute Gasteiger partial charge is 0.251 e. The number of aliphatic imine (C=N–C) groups is 1. The van der Waals surface area contributed by atoms with E-state index in [4.69, 9.17) is 11.2 Å². The van der Waals surface area contributed by atoms with E-state index in [9.17, 15) is 14.4 Å². The number of likely N-dealkylation sites (tertiary alicyclic amines) is 1. The number of amidine groups is 1. The summed E-state index contributed by atoms with van der Waals surface area (Å²) < 4.78 is 20.6. The lowest BCUT2D eigenvalue weighted by Crippen LogP contribution is -2.54. The average Bonchev–Trinajstić information content (AvgIpc) is 3.78. The van der Waals surface area contributed by atoms with E-state index in [0.29, 0.717) is 11.1 Å². The average molecular weight is 582 g/mol. The van der Waals surface area contributed by atoms with Gasteiger partial charge >= 0.3 is 0 Å². The molecule has 6 atom stereocenters. The second kappa shape index (κ2) is 11.7. The van der Waals surface area contributed by atoms with Crippen LogP contribution in [0.25, 0.3) is 0 Å². The number of fused-ring (bicyclic) bond motifs is 1. The maximum absolute atomic E-state index is 15.0. The lowest BCUT2D eigenvalue weighted by atomic mass is 9.95. The number of Topliss-reactive ketones (excluding diaryl/α,β-unsaturated/α-hetero) is 1. The van der Waals surface area contributed by atoms with Crippen molar-refractivity contribution in [3.8, 4) is 12.3 Å². The topological polar surface area (TPSA) is 94.5 Å². The third kappa shape index (κ3) is 5.49. The number of amides is 2. The molecule has 11 heteroatoms. The summed E-state index contributed by atoms with van der Waals surface area (Å²) in [4.78, 5) is 50.5. The summed E-state index contributed by atoms with van der Waals surface area (Å²) in [6.45, 7) is 3.68. The Hall–Kier alpha value is -2.94. The molecule has 4 aliphatic heterocycles. The molecule has 5 aliphatic rings. The van der Waals surface area contributed by atoms with Gasteiger partial charge in [0.25, 0.3) is 5.91 Å². The number of carbonyl (C=O) groups excluding carboxylic acids is 3. The summed E-state index contributed by atoms with van der Waals surface area (Å²) in [5, 5.41) is 3.71. The molecule has 1 N–H and O–H groups in total. The molecule has 5 unspecified atom stereocenters. The fourth-order valence-corrected chi connectivity index (χ4v) is 7.74. The first kappa shape index (κ1) is 28.2. The Morgan fingerprint density at radius 3 is 2.56 bits per heavy atom. The number of terminal acetylenes is 1. The third-order valence-electron chi connectivity index (χ3n) is 9.11. The maximum atomic E-state index is 15.0. The summed E-state index contributed by atoms with van der Waals surface area (Å²) in [6, 6.07) is 4.73. The highest BCUT2D eigenvalue weighted by atomic mass is 32.2. The Labute approximate surface area is 244 Å². The lowest BCUT2D eigenvalue weighted by Gasteiger charge is -2.33. The van der Waals surface area contributed by atoms with Crippen LogP contribution in [0.2, 0.25) is 0 Å². The predicted molar refractivity (Wildman–Crippen MR) is 154 cm³/mol. The number of ether oxygens (including phenoxy) is 1. The molecule has 1 aliphatic carbocycles. The molecule has 6 rings (SSSR count). The molecule has 1 saturated carbocycles. The van der Waals surface area contributed by atoms with Crippen LogP contribution in [0.3, 0.4) is 0 Å². The van der Waals surface area contributed by atoms with Gasteiger partial charge in [-0.3, -0.25) is 19.4 Å². The van der Waals surface area contributed by atoms with Gasteiger partial charge in [0.1, 0.15) is 30.8 Å². The van der Waals surface area contributed by atoms with E-state index in [-0.39, 0.29) is 42.6 Å². The van der Waals surface area contributed by atoms with Gasteiger partial charge in [-0.25, -0.2) is 4.39 Å². The standard InChI is InChI=1S/C30H36FN5O4S/c1-3-18-16-36(25-22(37)17-40-26(18)25)29(39)24(19-6-4-5-7-19)32-28(38)21-10-8-20(9-11-21)23-27(31)41-30(33-23)35-14-12-34(2)13-15-35/h1,8-11,18-19,23-27H,4-7,12-17H2,2H3,(H,32,38)/t18?,23?,24-,25?,26?,27?/m0/s1. The fraction of sp³-hybridized carbons (Fsp3) is 0.600. The predicted octanol–water partition coefficient (Wildman–Crippen LogP) is 2.09. The minimum absolute atomic E-state index is 0.0170. The monoisotopic (exact) mass is 581 g/mol. The molecule has 41 heavy (non-hydrogen) atoms. The molecule has 1 aromatic rings. The number of hydrogen-bond acceptors (Lipinski definition) is 8. The van der Waals surface area contributed by atoms with Crippen LogP contribution in [0, 0.1) is 24.2 Å². The van der Waals surface area contributed by atoms with Gasteiger partial charge in [0.2, 0.25) is 5.91 Å². The molecule has 0 radical (unpaired) electrons. The van der Waals surface area contributed by atoms with Gasteiger partial charge in [-0.15, -0.1) is 6.42 Å². The molecule has 0 aromatic heterocycles. The van der Waals surface area contributed by atoms with Crippen molar-refractivity contribution in [2.75, 3.05) is 46.4 Å². The minimum Gasteiger partial charge on any atom is -0.366 e. The van der Waals surface area contributed by atoms with Crippen LogP contribution < -0.4 is 5.32 Å². The summed E-state index contributed by atoms with van der Waals surface area (Å²) >= 11 is 1.16. The van der Waals surface area contributed by atoms with Gasteiger partial charge in [0.15, 0.2) is 16.5 Å². The zero-order valence-electron chi connectivity index (χ0n) is 23.2. The van der Waals surface area contributed by atoms with Crippen LogP contribution in [0.1, 0.15) is 47.6 Å². The number of ketones is 1. The summed E-state index contributed by atoms with van der Waals surface area (Å²) in [5.41, 5.74) is -0.0978. The number of alkyl halides is 1. The SMILES string of the molecule is C#CC1CN(C(=O)[C@@H](NC(=O)c2ccc(C3N=C(N4CCN(C)CC4)SC3F)cc2)C2CCCC2)C2C(=O)COC12. The number of hydrogen-bond donors (Lipinski definition) is 1. The number of halogens is 1. The van der Waals surface area contributed by atoms with E-state index in [1.807, 2.05) is 0 Å². The van der Waals surface area contributed by atoms with Crippen molar-refractivity contribution in [1.29, 1.82) is 0 Å². The molecular formula is C30H36FN5O4S. The van der Waals surface area contributed by atoms with Crippen molar-refractivity contribution in [2.24, 2.45) is 16.8 Å². The molecule has 0 spiro atoms. The fourth-order valence-electron chi connectivity index (χ4n) is 6.69. The van der Waals surface area contributed by atoms with E-state index in [1.165, 1.54) is 4.90 Å². The number of nitrogens with zero attached hydrogens (tertiary/aromatic N) is 4. The van der Waals surface area contributed by atoms with E-state index >= 15 is 4.39 Å². The van der Waals surface area contributed by atoms with Crippen molar-refractivity contribution in [3.63, 3.8) is 0 Å². The van der Waals surface area contributed by atoms with Gasteiger partial charge in [0.05, 0.1) is 5.92 Å². The maximum Gasteiger partial charge on any atom is 0.251 e. The lowest BCUT2D eigenvalue weighted by molar-refractivity contribution is -0.139. The number of rotatable bonds is 5. The van der Waals surface area contributed by atoms with Gasteiger partial charge in [-0.05, 0) is 55.3 Å².